The molecule has 0 N–H and O–H groups in total. The van der Waals surface area contributed by atoms with Crippen LogP contribution >= 0.6 is 11.6 Å². The highest BCUT2D eigenvalue weighted by Gasteiger charge is 2.26. The summed E-state index contributed by atoms with van der Waals surface area (Å²) in [5, 5.41) is 0. The Hall–Kier alpha value is -1.06. The lowest BCUT2D eigenvalue weighted by atomic mass is 10.1. The van der Waals surface area contributed by atoms with Gasteiger partial charge >= 0.3 is 0 Å². The minimum absolute atomic E-state index is 0.294. The molecule has 2 unspecified atom stereocenters. The highest BCUT2D eigenvalue weighted by molar-refractivity contribution is 6.17. The van der Waals surface area contributed by atoms with Crippen molar-refractivity contribution in [2.24, 2.45) is 0 Å². The lowest BCUT2D eigenvalue weighted by molar-refractivity contribution is 0.0736. The maximum Gasteiger partial charge on any atom is 0.111 e. The van der Waals surface area contributed by atoms with Gasteiger partial charge in [0, 0.05) is 18.9 Å². The number of alkyl halides is 1. The van der Waals surface area contributed by atoms with E-state index in [2.05, 4.69) is 36.6 Å². The molecule has 4 heteroatoms. The number of benzene rings is 1. The fourth-order valence-corrected chi connectivity index (χ4v) is 3.29. The van der Waals surface area contributed by atoms with E-state index in [9.17, 15) is 0 Å². The second-order valence-corrected chi connectivity index (χ2v) is 6.00. The SMILES string of the molecule is Cc1ccc2c(c1)nc(CCCl)n2C(C)C1CCCO1. The van der Waals surface area contributed by atoms with Crippen LogP contribution in [0.4, 0.5) is 0 Å². The van der Waals surface area contributed by atoms with Crippen molar-refractivity contribution in [3.8, 4) is 0 Å². The van der Waals surface area contributed by atoms with Crippen LogP contribution in [0.3, 0.4) is 0 Å². The predicted octanol–water partition coefficient (Wildman–Crippen LogP) is 3.87. The molecule has 0 saturated carbocycles. The Morgan fingerprint density at radius 1 is 1.50 bits per heavy atom. The molecule has 1 aromatic heterocycles. The standard InChI is InChI=1S/C16H21ClN2O/c1-11-5-6-14-13(10-11)18-16(7-8-17)19(14)12(2)15-4-3-9-20-15/h5-6,10,12,15H,3-4,7-9H2,1-2H3. The van der Waals surface area contributed by atoms with Gasteiger partial charge in [0.1, 0.15) is 5.82 Å². The smallest absolute Gasteiger partial charge is 0.111 e. The fraction of sp³-hybridized carbons (Fsp3) is 0.562. The number of imidazole rings is 1. The predicted molar refractivity (Wildman–Crippen MR) is 82.6 cm³/mol. The first-order valence-corrected chi connectivity index (χ1v) is 7.89. The van der Waals surface area contributed by atoms with E-state index in [1.807, 2.05) is 0 Å². The summed E-state index contributed by atoms with van der Waals surface area (Å²) in [7, 11) is 0. The van der Waals surface area contributed by atoms with Crippen molar-refractivity contribution in [1.82, 2.24) is 9.55 Å². The summed E-state index contributed by atoms with van der Waals surface area (Å²) in [5.74, 6) is 1.67. The molecule has 3 nitrogen and oxygen atoms in total. The van der Waals surface area contributed by atoms with Crippen molar-refractivity contribution in [3.63, 3.8) is 0 Å². The molecule has 0 spiro atoms. The monoisotopic (exact) mass is 292 g/mol. The topological polar surface area (TPSA) is 27.1 Å². The largest absolute Gasteiger partial charge is 0.376 e. The third kappa shape index (κ3) is 2.45. The average molecular weight is 293 g/mol. The summed E-state index contributed by atoms with van der Waals surface area (Å²) in [6.07, 6.45) is 3.38. The molecule has 108 valence electrons. The van der Waals surface area contributed by atoms with E-state index in [0.717, 1.165) is 37.2 Å². The van der Waals surface area contributed by atoms with Gasteiger partial charge in [0.25, 0.3) is 0 Å². The van der Waals surface area contributed by atoms with E-state index >= 15 is 0 Å². The van der Waals surface area contributed by atoms with Gasteiger partial charge in [-0.05, 0) is 44.4 Å². The average Bonchev–Trinajstić information content (AvgIpc) is 3.05. The second kappa shape index (κ2) is 5.74. The van der Waals surface area contributed by atoms with Gasteiger partial charge in [0.2, 0.25) is 0 Å². The van der Waals surface area contributed by atoms with Gasteiger partial charge in [0.15, 0.2) is 0 Å². The molecular weight excluding hydrogens is 272 g/mol. The number of halogens is 1. The van der Waals surface area contributed by atoms with Gasteiger partial charge in [-0.2, -0.15) is 0 Å². The van der Waals surface area contributed by atoms with Crippen molar-refractivity contribution in [3.05, 3.63) is 29.6 Å². The van der Waals surface area contributed by atoms with E-state index in [0.29, 0.717) is 18.0 Å². The number of hydrogen-bond acceptors (Lipinski definition) is 2. The lowest BCUT2D eigenvalue weighted by Crippen LogP contribution is -2.22. The Morgan fingerprint density at radius 3 is 3.05 bits per heavy atom. The zero-order valence-corrected chi connectivity index (χ0v) is 12.9. The van der Waals surface area contributed by atoms with Crippen LogP contribution in [0.1, 0.15) is 37.2 Å². The van der Waals surface area contributed by atoms with Gasteiger partial charge in [-0.3, -0.25) is 0 Å². The van der Waals surface area contributed by atoms with Crippen LogP contribution in [-0.4, -0.2) is 28.1 Å². The van der Waals surface area contributed by atoms with Gasteiger partial charge < -0.3 is 9.30 Å². The molecule has 20 heavy (non-hydrogen) atoms. The number of ether oxygens (including phenoxy) is 1. The molecule has 1 aromatic carbocycles. The molecule has 2 aromatic rings. The highest BCUT2D eigenvalue weighted by Crippen LogP contribution is 2.29. The van der Waals surface area contributed by atoms with Crippen LogP contribution in [0, 0.1) is 6.92 Å². The Bertz CT molecular complexity index is 602. The van der Waals surface area contributed by atoms with Gasteiger partial charge in [-0.15, -0.1) is 11.6 Å². The minimum atomic E-state index is 0.294. The number of hydrogen-bond donors (Lipinski definition) is 0. The molecule has 0 aliphatic carbocycles. The van der Waals surface area contributed by atoms with Crippen molar-refractivity contribution in [2.75, 3.05) is 12.5 Å². The molecule has 0 bridgehead atoms. The number of aromatic nitrogens is 2. The third-order valence-electron chi connectivity index (χ3n) is 4.15. The fourth-order valence-electron chi connectivity index (χ4n) is 3.12. The van der Waals surface area contributed by atoms with E-state index in [1.165, 1.54) is 11.1 Å². The normalized spacial score (nSPS) is 20.6. The quantitative estimate of drug-likeness (QED) is 0.800. The van der Waals surface area contributed by atoms with Crippen molar-refractivity contribution in [1.29, 1.82) is 0 Å². The lowest BCUT2D eigenvalue weighted by Gasteiger charge is -2.23. The molecule has 1 saturated heterocycles. The molecule has 0 radical (unpaired) electrons. The van der Waals surface area contributed by atoms with Crippen LogP contribution < -0.4 is 0 Å². The van der Waals surface area contributed by atoms with Crippen LogP contribution in [-0.2, 0) is 11.2 Å². The zero-order chi connectivity index (χ0) is 14.1. The Labute approximate surface area is 124 Å². The Kier molecular flexibility index (Phi) is 3.99. The first-order chi connectivity index (χ1) is 9.70. The summed E-state index contributed by atoms with van der Waals surface area (Å²) >= 11 is 5.95. The summed E-state index contributed by atoms with van der Waals surface area (Å²) in [6.45, 7) is 5.21. The van der Waals surface area contributed by atoms with Crippen molar-refractivity contribution >= 4 is 22.6 Å². The van der Waals surface area contributed by atoms with Gasteiger partial charge in [-0.25, -0.2) is 4.98 Å². The molecule has 0 amide bonds. The number of aryl methyl sites for hydroxylation is 2. The third-order valence-corrected chi connectivity index (χ3v) is 4.34. The first-order valence-electron chi connectivity index (χ1n) is 7.35. The van der Waals surface area contributed by atoms with Gasteiger partial charge in [-0.1, -0.05) is 6.07 Å². The van der Waals surface area contributed by atoms with E-state index in [1.54, 1.807) is 0 Å². The van der Waals surface area contributed by atoms with E-state index in [4.69, 9.17) is 21.3 Å². The summed E-state index contributed by atoms with van der Waals surface area (Å²) in [4.78, 5) is 4.78. The Morgan fingerprint density at radius 2 is 2.35 bits per heavy atom. The number of nitrogens with zero attached hydrogens (tertiary/aromatic N) is 2. The number of rotatable bonds is 4. The van der Waals surface area contributed by atoms with E-state index in [-0.39, 0.29) is 0 Å². The second-order valence-electron chi connectivity index (χ2n) is 5.62. The maximum absolute atomic E-state index is 5.95. The summed E-state index contributed by atoms with van der Waals surface area (Å²) < 4.78 is 8.19. The van der Waals surface area contributed by atoms with Gasteiger partial charge in [0.05, 0.1) is 23.2 Å². The van der Waals surface area contributed by atoms with Crippen LogP contribution in [0.2, 0.25) is 0 Å². The molecule has 2 atom stereocenters. The highest BCUT2D eigenvalue weighted by atomic mass is 35.5. The molecular formula is C16H21ClN2O. The molecule has 1 fully saturated rings. The Balaban J connectivity index is 2.07. The van der Waals surface area contributed by atoms with Crippen molar-refractivity contribution in [2.45, 2.75) is 45.3 Å². The van der Waals surface area contributed by atoms with Crippen LogP contribution in [0.5, 0.6) is 0 Å². The molecule has 1 aliphatic rings. The molecule has 3 rings (SSSR count). The zero-order valence-electron chi connectivity index (χ0n) is 12.1. The van der Waals surface area contributed by atoms with Crippen LogP contribution in [0.25, 0.3) is 11.0 Å². The summed E-state index contributed by atoms with van der Waals surface area (Å²) in [5.41, 5.74) is 3.50. The molecule has 1 aliphatic heterocycles. The first kappa shape index (κ1) is 13.9. The minimum Gasteiger partial charge on any atom is -0.376 e. The van der Waals surface area contributed by atoms with E-state index < -0.39 is 0 Å². The maximum atomic E-state index is 5.95. The molecule has 2 heterocycles. The summed E-state index contributed by atoms with van der Waals surface area (Å²) in [6, 6.07) is 6.77. The van der Waals surface area contributed by atoms with Crippen molar-refractivity contribution < 1.29 is 4.74 Å². The van der Waals surface area contributed by atoms with Crippen LogP contribution in [0.15, 0.2) is 18.2 Å². The number of fused-ring (bicyclic) bond motifs is 1.